The average Bonchev–Trinajstić information content (AvgIpc) is 2.39. The van der Waals surface area contributed by atoms with Crippen molar-refractivity contribution in [2.24, 2.45) is 0 Å². The fourth-order valence-corrected chi connectivity index (χ4v) is 2.12. The fraction of sp³-hybridized carbons (Fsp3) is 0.500. The summed E-state index contributed by atoms with van der Waals surface area (Å²) >= 11 is 0. The Balaban J connectivity index is 3.79. The number of esters is 1. The molecular weight excluding hydrogens is 248 g/mol. The van der Waals surface area contributed by atoms with Crippen LogP contribution >= 0.6 is 0 Å². The predicted octanol–water partition coefficient (Wildman–Crippen LogP) is 2.63. The maximum absolute atomic E-state index is 11.9. The Morgan fingerprint density at radius 3 is 2.00 bits per heavy atom. The molecule has 1 N–H and O–H groups in total. The van der Waals surface area contributed by atoms with Crippen LogP contribution in [0.4, 0.5) is 0 Å². The number of rotatable bonds is 4. The minimum absolute atomic E-state index is 0.0137. The lowest BCUT2D eigenvalue weighted by molar-refractivity contribution is 0.0595. The molecule has 0 aliphatic rings. The molecule has 5 nitrogen and oxygen atoms in total. The van der Waals surface area contributed by atoms with E-state index in [1.165, 1.54) is 21.3 Å². The fourth-order valence-electron chi connectivity index (χ4n) is 2.12. The van der Waals surface area contributed by atoms with E-state index in [-0.39, 0.29) is 17.2 Å². The van der Waals surface area contributed by atoms with Crippen LogP contribution in [0.25, 0.3) is 0 Å². The number of benzene rings is 1. The number of hydrogen-bond acceptors (Lipinski definition) is 5. The van der Waals surface area contributed by atoms with E-state index in [1.807, 2.05) is 13.8 Å². The molecule has 0 saturated heterocycles. The van der Waals surface area contributed by atoms with E-state index in [9.17, 15) is 9.90 Å². The molecule has 0 spiro atoms. The number of methoxy groups -OCH3 is 3. The topological polar surface area (TPSA) is 65.0 Å². The van der Waals surface area contributed by atoms with E-state index in [4.69, 9.17) is 14.2 Å². The molecule has 0 amide bonds. The number of hydrogen-bond donors (Lipinski definition) is 1. The molecule has 0 saturated carbocycles. The van der Waals surface area contributed by atoms with Crippen molar-refractivity contribution in [1.82, 2.24) is 0 Å². The van der Waals surface area contributed by atoms with Crippen molar-refractivity contribution >= 4 is 5.97 Å². The van der Waals surface area contributed by atoms with Crippen LogP contribution in [-0.2, 0) is 4.74 Å². The summed E-state index contributed by atoms with van der Waals surface area (Å²) in [6.45, 7) is 5.48. The number of phenols is 1. The van der Waals surface area contributed by atoms with Gasteiger partial charge in [-0.3, -0.25) is 0 Å². The molecule has 0 unspecified atom stereocenters. The van der Waals surface area contributed by atoms with Crippen LogP contribution in [0.3, 0.4) is 0 Å². The van der Waals surface area contributed by atoms with E-state index in [0.29, 0.717) is 22.6 Å². The van der Waals surface area contributed by atoms with E-state index in [0.717, 1.165) is 0 Å². The third kappa shape index (κ3) is 2.45. The van der Waals surface area contributed by atoms with Gasteiger partial charge in [-0.2, -0.15) is 0 Å². The van der Waals surface area contributed by atoms with Crippen molar-refractivity contribution in [2.45, 2.75) is 26.7 Å². The molecule has 0 bridgehead atoms. The van der Waals surface area contributed by atoms with Crippen molar-refractivity contribution < 1.29 is 24.1 Å². The lowest BCUT2D eigenvalue weighted by atomic mass is 9.93. The second-order valence-electron chi connectivity index (χ2n) is 4.48. The van der Waals surface area contributed by atoms with Crippen LogP contribution in [0.2, 0.25) is 0 Å². The Bertz CT molecular complexity index is 491. The van der Waals surface area contributed by atoms with Crippen LogP contribution in [-0.4, -0.2) is 32.4 Å². The van der Waals surface area contributed by atoms with Gasteiger partial charge >= 0.3 is 5.97 Å². The third-order valence-corrected chi connectivity index (χ3v) is 3.04. The van der Waals surface area contributed by atoms with Gasteiger partial charge in [0.1, 0.15) is 11.3 Å². The normalized spacial score (nSPS) is 10.5. The van der Waals surface area contributed by atoms with Crippen molar-refractivity contribution in [3.63, 3.8) is 0 Å². The summed E-state index contributed by atoms with van der Waals surface area (Å²) in [7, 11) is 4.23. The minimum atomic E-state index is -0.547. The molecule has 0 aliphatic carbocycles. The zero-order chi connectivity index (χ0) is 14.7. The first-order chi connectivity index (χ1) is 8.90. The van der Waals surface area contributed by atoms with Crippen molar-refractivity contribution in [2.75, 3.05) is 21.3 Å². The molecule has 0 radical (unpaired) electrons. The predicted molar refractivity (Wildman–Crippen MR) is 71.4 cm³/mol. The smallest absolute Gasteiger partial charge is 0.342 e. The second kappa shape index (κ2) is 5.82. The Morgan fingerprint density at radius 2 is 1.63 bits per heavy atom. The highest BCUT2D eigenvalue weighted by molar-refractivity contribution is 5.96. The summed E-state index contributed by atoms with van der Waals surface area (Å²) in [5.74, 6) is 0.118. The quantitative estimate of drug-likeness (QED) is 0.850. The summed E-state index contributed by atoms with van der Waals surface area (Å²) < 4.78 is 15.3. The summed E-state index contributed by atoms with van der Waals surface area (Å²) in [5.41, 5.74) is 1.26. The van der Waals surface area contributed by atoms with Crippen LogP contribution in [0, 0.1) is 6.92 Å². The van der Waals surface area contributed by atoms with Crippen molar-refractivity contribution in [3.05, 3.63) is 16.7 Å². The molecule has 106 valence electrons. The molecule has 19 heavy (non-hydrogen) atoms. The van der Waals surface area contributed by atoms with Crippen LogP contribution in [0.5, 0.6) is 17.2 Å². The highest BCUT2D eigenvalue weighted by Crippen LogP contribution is 2.46. The van der Waals surface area contributed by atoms with E-state index < -0.39 is 5.97 Å². The molecule has 0 heterocycles. The van der Waals surface area contributed by atoms with Crippen LogP contribution in [0.1, 0.15) is 41.3 Å². The molecule has 0 fully saturated rings. The third-order valence-electron chi connectivity index (χ3n) is 3.04. The van der Waals surface area contributed by atoms with Gasteiger partial charge in [-0.1, -0.05) is 13.8 Å². The Morgan fingerprint density at radius 1 is 1.11 bits per heavy atom. The van der Waals surface area contributed by atoms with Gasteiger partial charge in [-0.05, 0) is 12.8 Å². The van der Waals surface area contributed by atoms with Gasteiger partial charge in [0.15, 0.2) is 11.5 Å². The first kappa shape index (κ1) is 15.1. The van der Waals surface area contributed by atoms with Gasteiger partial charge in [0.05, 0.1) is 21.3 Å². The van der Waals surface area contributed by atoms with Gasteiger partial charge in [-0.25, -0.2) is 4.79 Å². The number of carbonyl (C=O) groups excluding carboxylic acids is 1. The van der Waals surface area contributed by atoms with Gasteiger partial charge in [0.2, 0.25) is 0 Å². The maximum Gasteiger partial charge on any atom is 0.342 e. The van der Waals surface area contributed by atoms with Gasteiger partial charge < -0.3 is 19.3 Å². The summed E-state index contributed by atoms with van der Waals surface area (Å²) in [6.07, 6.45) is 0. The first-order valence-electron chi connectivity index (χ1n) is 5.96. The lowest BCUT2D eigenvalue weighted by Gasteiger charge is -2.21. The van der Waals surface area contributed by atoms with E-state index >= 15 is 0 Å². The molecular formula is C14H20O5. The Hall–Kier alpha value is -1.91. The maximum atomic E-state index is 11.9. The van der Waals surface area contributed by atoms with Crippen LogP contribution < -0.4 is 9.47 Å². The number of aromatic hydroxyl groups is 1. The minimum Gasteiger partial charge on any atom is -0.504 e. The molecule has 1 rings (SSSR count). The number of phenolic OH excluding ortho intramolecular Hbond substituents is 1. The highest BCUT2D eigenvalue weighted by Gasteiger charge is 2.28. The number of carbonyl (C=O) groups is 1. The molecule has 5 heteroatoms. The Labute approximate surface area is 113 Å². The van der Waals surface area contributed by atoms with Crippen molar-refractivity contribution in [3.8, 4) is 17.2 Å². The van der Waals surface area contributed by atoms with Crippen LogP contribution in [0.15, 0.2) is 0 Å². The first-order valence-corrected chi connectivity index (χ1v) is 5.96. The molecule has 1 aromatic rings. The summed E-state index contributed by atoms with van der Waals surface area (Å²) in [5, 5.41) is 10.2. The monoisotopic (exact) mass is 268 g/mol. The average molecular weight is 268 g/mol. The van der Waals surface area contributed by atoms with E-state index in [1.54, 1.807) is 6.92 Å². The van der Waals surface area contributed by atoms with Gasteiger partial charge in [0.25, 0.3) is 0 Å². The van der Waals surface area contributed by atoms with E-state index in [2.05, 4.69) is 0 Å². The SMILES string of the molecule is COC(=O)c1c(C)c(O)c(OC)c(C(C)C)c1OC. The summed E-state index contributed by atoms with van der Waals surface area (Å²) in [4.78, 5) is 11.9. The molecule has 1 aromatic carbocycles. The van der Waals surface area contributed by atoms with Gasteiger partial charge in [0, 0.05) is 11.1 Å². The van der Waals surface area contributed by atoms with Gasteiger partial charge in [-0.15, -0.1) is 0 Å². The number of ether oxygens (including phenoxy) is 3. The highest BCUT2D eigenvalue weighted by atomic mass is 16.5. The Kier molecular flexibility index (Phi) is 4.64. The van der Waals surface area contributed by atoms with Crippen molar-refractivity contribution in [1.29, 1.82) is 0 Å². The largest absolute Gasteiger partial charge is 0.504 e. The zero-order valence-electron chi connectivity index (χ0n) is 12.2. The molecule has 0 aromatic heterocycles. The summed E-state index contributed by atoms with van der Waals surface area (Å²) in [6, 6.07) is 0. The standard InChI is InChI=1S/C14H20O5/c1-7(2)9-12(17-4)10(14(16)19-6)8(3)11(15)13(9)18-5/h7,15H,1-6H3. The lowest BCUT2D eigenvalue weighted by Crippen LogP contribution is -2.11. The molecule has 0 atom stereocenters. The second-order valence-corrected chi connectivity index (χ2v) is 4.48. The molecule has 0 aliphatic heterocycles. The zero-order valence-corrected chi connectivity index (χ0v) is 12.2.